The lowest BCUT2D eigenvalue weighted by Crippen LogP contribution is -2.50. The molecule has 3 saturated carbocycles. The molecule has 4 rings (SSSR count). The Morgan fingerprint density at radius 3 is 2.61 bits per heavy atom. The number of hydrogen-bond acceptors (Lipinski definition) is 4. The average molecular weight is 389 g/mol. The number of ether oxygens (including phenoxy) is 1. The van der Waals surface area contributed by atoms with Crippen LogP contribution in [-0.2, 0) is 9.57 Å². The number of oxime groups is 1. The van der Waals surface area contributed by atoms with E-state index in [1.165, 1.54) is 44.2 Å². The van der Waals surface area contributed by atoms with E-state index in [2.05, 4.69) is 44.1 Å². The third-order valence-electron chi connectivity index (χ3n) is 8.89. The monoisotopic (exact) mass is 388 g/mol. The van der Waals surface area contributed by atoms with Crippen LogP contribution in [0.25, 0.3) is 0 Å². The molecule has 4 aliphatic carbocycles. The Labute approximate surface area is 171 Å². The molecule has 0 aromatic heterocycles. The van der Waals surface area contributed by atoms with Gasteiger partial charge in [-0.15, -0.1) is 0 Å². The van der Waals surface area contributed by atoms with Gasteiger partial charge in [0.25, 0.3) is 0 Å². The molecule has 158 valence electrons. The summed E-state index contributed by atoms with van der Waals surface area (Å²) >= 11 is 0. The van der Waals surface area contributed by atoms with E-state index in [1.807, 2.05) is 0 Å². The highest BCUT2D eigenvalue weighted by molar-refractivity contribution is 5.92. The molecule has 0 heterocycles. The highest BCUT2D eigenvalue weighted by Gasteiger charge is 2.58. The van der Waals surface area contributed by atoms with Crippen molar-refractivity contribution in [1.29, 1.82) is 0 Å². The molecule has 0 saturated heterocycles. The summed E-state index contributed by atoms with van der Waals surface area (Å²) in [6, 6.07) is 0. The van der Waals surface area contributed by atoms with Crippen molar-refractivity contribution in [2.75, 3.05) is 34.4 Å². The molecule has 1 unspecified atom stereocenters. The molecule has 3 fully saturated rings. The fraction of sp³-hybridized carbons (Fsp3) is 0.875. The molecule has 4 aliphatic rings. The van der Waals surface area contributed by atoms with Crippen LogP contribution in [0.1, 0.15) is 65.2 Å². The number of fused-ring (bicyclic) bond motifs is 5. The number of allylic oxidation sites excluding steroid dienone is 1. The van der Waals surface area contributed by atoms with Crippen LogP contribution >= 0.6 is 0 Å². The summed E-state index contributed by atoms with van der Waals surface area (Å²) in [7, 11) is 5.94. The Morgan fingerprint density at radius 2 is 1.86 bits per heavy atom. The maximum Gasteiger partial charge on any atom is 0.106 e. The molecule has 0 aromatic rings. The van der Waals surface area contributed by atoms with E-state index in [9.17, 15) is 0 Å². The Balaban J connectivity index is 1.48. The quantitative estimate of drug-likeness (QED) is 0.496. The second kappa shape index (κ2) is 7.75. The van der Waals surface area contributed by atoms with Gasteiger partial charge in [-0.3, -0.25) is 0 Å². The lowest BCUT2D eigenvalue weighted by molar-refractivity contribution is -0.0383. The van der Waals surface area contributed by atoms with Crippen molar-refractivity contribution < 1.29 is 9.57 Å². The van der Waals surface area contributed by atoms with Crippen molar-refractivity contribution in [1.82, 2.24) is 4.90 Å². The van der Waals surface area contributed by atoms with Gasteiger partial charge in [-0.25, -0.2) is 0 Å². The Morgan fingerprint density at radius 1 is 1.11 bits per heavy atom. The van der Waals surface area contributed by atoms with Crippen LogP contribution < -0.4 is 0 Å². The highest BCUT2D eigenvalue weighted by atomic mass is 16.6. The average Bonchev–Trinajstić information content (AvgIpc) is 2.98. The second-order valence-electron chi connectivity index (χ2n) is 10.5. The lowest BCUT2D eigenvalue weighted by atomic mass is 9.48. The van der Waals surface area contributed by atoms with Gasteiger partial charge in [0.05, 0.1) is 18.4 Å². The van der Waals surface area contributed by atoms with Crippen molar-refractivity contribution >= 4 is 5.71 Å². The molecule has 0 aromatic carbocycles. The minimum Gasteiger partial charge on any atom is -0.399 e. The highest BCUT2D eigenvalue weighted by Crippen LogP contribution is 2.64. The lowest BCUT2D eigenvalue weighted by Gasteiger charge is -2.57. The summed E-state index contributed by atoms with van der Waals surface area (Å²) in [4.78, 5) is 7.41. The van der Waals surface area contributed by atoms with Crippen molar-refractivity contribution in [3.05, 3.63) is 11.6 Å². The van der Waals surface area contributed by atoms with Gasteiger partial charge < -0.3 is 14.5 Å². The van der Waals surface area contributed by atoms with E-state index in [0.29, 0.717) is 11.5 Å². The van der Waals surface area contributed by atoms with E-state index >= 15 is 0 Å². The molecular formula is C24H40N2O2. The molecular weight excluding hydrogens is 348 g/mol. The van der Waals surface area contributed by atoms with E-state index in [1.54, 1.807) is 12.7 Å². The molecule has 0 aliphatic heterocycles. The number of rotatable bonds is 5. The van der Waals surface area contributed by atoms with Crippen molar-refractivity contribution in [3.63, 3.8) is 0 Å². The first-order valence-electron chi connectivity index (χ1n) is 11.4. The normalized spacial score (nSPS) is 44.1. The van der Waals surface area contributed by atoms with Crippen LogP contribution in [0, 0.1) is 28.6 Å². The maximum atomic E-state index is 6.24. The minimum atomic E-state index is 0.269. The van der Waals surface area contributed by atoms with Gasteiger partial charge in [0.1, 0.15) is 7.11 Å². The smallest absolute Gasteiger partial charge is 0.106 e. The zero-order valence-corrected chi connectivity index (χ0v) is 18.7. The molecule has 4 nitrogen and oxygen atoms in total. The summed E-state index contributed by atoms with van der Waals surface area (Å²) in [5.74, 6) is 2.45. The van der Waals surface area contributed by atoms with Crippen LogP contribution in [0.15, 0.2) is 16.8 Å². The fourth-order valence-corrected chi connectivity index (χ4v) is 7.22. The second-order valence-corrected chi connectivity index (χ2v) is 10.5. The summed E-state index contributed by atoms with van der Waals surface area (Å²) in [6.07, 6.45) is 13.1. The Hall–Kier alpha value is -0.870. The summed E-state index contributed by atoms with van der Waals surface area (Å²) < 4.78 is 6.24. The van der Waals surface area contributed by atoms with Crippen LogP contribution in [0.5, 0.6) is 0 Å². The van der Waals surface area contributed by atoms with Crippen molar-refractivity contribution in [2.24, 2.45) is 33.7 Å². The summed E-state index contributed by atoms with van der Waals surface area (Å²) in [5.41, 5.74) is 3.71. The van der Waals surface area contributed by atoms with Crippen molar-refractivity contribution in [2.45, 2.75) is 71.3 Å². The molecule has 0 bridgehead atoms. The molecule has 6 atom stereocenters. The SMILES string of the molecule is CO/N=C1/CC[C@H]2[C@@H]3CC=C4CC(OCCN(C)C)CC[C@]4(C)[C@H]3CC[C@]12C. The van der Waals surface area contributed by atoms with Gasteiger partial charge in [0, 0.05) is 12.0 Å². The Kier molecular flexibility index (Phi) is 5.65. The first kappa shape index (κ1) is 20.4. The van der Waals surface area contributed by atoms with Crippen LogP contribution in [0.2, 0.25) is 0 Å². The van der Waals surface area contributed by atoms with Gasteiger partial charge in [-0.05, 0) is 88.6 Å². The molecule has 0 N–H and O–H groups in total. The molecule has 28 heavy (non-hydrogen) atoms. The number of nitrogens with zero attached hydrogens (tertiary/aromatic N) is 2. The number of hydrogen-bond donors (Lipinski definition) is 0. The van der Waals surface area contributed by atoms with Crippen LogP contribution in [0.4, 0.5) is 0 Å². The van der Waals surface area contributed by atoms with Crippen molar-refractivity contribution in [3.8, 4) is 0 Å². The van der Waals surface area contributed by atoms with Gasteiger partial charge in [-0.2, -0.15) is 0 Å². The van der Waals surface area contributed by atoms with E-state index in [0.717, 1.165) is 43.7 Å². The summed E-state index contributed by atoms with van der Waals surface area (Å²) in [6.45, 7) is 6.92. The third kappa shape index (κ3) is 3.35. The zero-order chi connectivity index (χ0) is 19.9. The first-order chi connectivity index (χ1) is 13.4. The largest absolute Gasteiger partial charge is 0.399 e. The van der Waals surface area contributed by atoms with Gasteiger partial charge in [0.15, 0.2) is 0 Å². The summed E-state index contributed by atoms with van der Waals surface area (Å²) in [5, 5.41) is 4.45. The molecule has 0 radical (unpaired) electrons. The van der Waals surface area contributed by atoms with Crippen LogP contribution in [0.3, 0.4) is 0 Å². The molecule has 0 amide bonds. The van der Waals surface area contributed by atoms with E-state index in [-0.39, 0.29) is 5.41 Å². The molecule has 4 heteroatoms. The predicted octanol–water partition coefficient (Wildman–Crippen LogP) is 4.90. The first-order valence-corrected chi connectivity index (χ1v) is 11.4. The van der Waals surface area contributed by atoms with E-state index < -0.39 is 0 Å². The third-order valence-corrected chi connectivity index (χ3v) is 8.89. The fourth-order valence-electron chi connectivity index (χ4n) is 7.22. The zero-order valence-electron chi connectivity index (χ0n) is 18.7. The predicted molar refractivity (Wildman–Crippen MR) is 114 cm³/mol. The van der Waals surface area contributed by atoms with Gasteiger partial charge in [-0.1, -0.05) is 30.7 Å². The van der Waals surface area contributed by atoms with Gasteiger partial charge >= 0.3 is 0 Å². The topological polar surface area (TPSA) is 34.1 Å². The minimum absolute atomic E-state index is 0.269. The maximum absolute atomic E-state index is 6.24. The molecule has 0 spiro atoms. The van der Waals surface area contributed by atoms with E-state index in [4.69, 9.17) is 9.57 Å². The van der Waals surface area contributed by atoms with Crippen LogP contribution in [-0.4, -0.2) is 51.1 Å². The number of likely N-dealkylation sites (N-methyl/N-ethyl adjacent to an activating group) is 1. The Bertz CT molecular complexity index is 643. The standard InChI is InChI=1S/C24H40N2O2/c1-23-12-10-18(28-15-14-26(3)4)16-17(23)6-7-19-20-8-9-22(25-27-5)24(20,2)13-11-21(19)23/h6,18-21H,7-16H2,1-5H3/b25-22-/t18?,19-,20-,21-,23-,24-/m0/s1. The van der Waals surface area contributed by atoms with Gasteiger partial charge in [0.2, 0.25) is 0 Å².